The summed E-state index contributed by atoms with van der Waals surface area (Å²) in [4.78, 5) is 49.8. The van der Waals surface area contributed by atoms with E-state index in [9.17, 15) is 19.2 Å². The maximum Gasteiger partial charge on any atom is 0.346 e. The highest BCUT2D eigenvalue weighted by Crippen LogP contribution is 2.44. The number of carbonyl (C=O) groups is 4. The first kappa shape index (κ1) is 17.5. The summed E-state index contributed by atoms with van der Waals surface area (Å²) in [6, 6.07) is 9.57. The van der Waals surface area contributed by atoms with Gasteiger partial charge in [0, 0.05) is 10.8 Å². The standard InChI is InChI=1S/C24H6B2O6/c25-13-5-12-16-10(22(28)32-24(12)30)4-2-8-18-14(26)6-11-15-9(21(27)31-23(11)29)3-1-7(19(15)18)17(13)20(8)16/h1-6H. The van der Waals surface area contributed by atoms with E-state index in [2.05, 4.69) is 0 Å². The molecule has 0 aliphatic carbocycles. The van der Waals surface area contributed by atoms with Gasteiger partial charge in [0.2, 0.25) is 0 Å². The Bertz CT molecular complexity index is 1680. The minimum Gasteiger partial charge on any atom is -0.386 e. The van der Waals surface area contributed by atoms with Crippen molar-refractivity contribution in [3.8, 4) is 0 Å². The first-order valence-corrected chi connectivity index (χ1v) is 9.69. The van der Waals surface area contributed by atoms with Crippen molar-refractivity contribution in [2.24, 2.45) is 0 Å². The summed E-state index contributed by atoms with van der Waals surface area (Å²) in [6.45, 7) is 0. The zero-order valence-electron chi connectivity index (χ0n) is 16.1. The highest BCUT2D eigenvalue weighted by molar-refractivity contribution is 6.53. The van der Waals surface area contributed by atoms with E-state index >= 15 is 0 Å². The Hall–Kier alpha value is -4.19. The summed E-state index contributed by atoms with van der Waals surface area (Å²) >= 11 is 0. The highest BCUT2D eigenvalue weighted by atomic mass is 16.6. The smallest absolute Gasteiger partial charge is 0.346 e. The van der Waals surface area contributed by atoms with Gasteiger partial charge in [0.05, 0.1) is 22.3 Å². The number of hydrogen-bond donors (Lipinski definition) is 0. The molecule has 5 aromatic rings. The quantitative estimate of drug-likeness (QED) is 0.127. The molecule has 4 radical (unpaired) electrons. The Morgan fingerprint density at radius 3 is 1.25 bits per heavy atom. The van der Waals surface area contributed by atoms with E-state index in [1.807, 2.05) is 0 Å². The van der Waals surface area contributed by atoms with E-state index < -0.39 is 23.9 Å². The molecule has 0 saturated heterocycles. The SMILES string of the molecule is [B]c1cc2c3c(ccc4c5c([B])cc6c7c(ccc(c1c34)c75)C(=O)OC6=O)C(=O)OC2=O. The third-order valence-electron chi connectivity index (χ3n) is 6.42. The van der Waals surface area contributed by atoms with Crippen LogP contribution in [0.15, 0.2) is 36.4 Å². The van der Waals surface area contributed by atoms with Crippen molar-refractivity contribution in [2.75, 3.05) is 0 Å². The van der Waals surface area contributed by atoms with Gasteiger partial charge in [-0.1, -0.05) is 35.2 Å². The first-order chi connectivity index (χ1) is 15.4. The number of hydrogen-bond acceptors (Lipinski definition) is 6. The molecule has 32 heavy (non-hydrogen) atoms. The van der Waals surface area contributed by atoms with Crippen molar-refractivity contribution >= 4 is 93.6 Å². The fourth-order valence-electron chi connectivity index (χ4n) is 5.22. The van der Waals surface area contributed by atoms with Crippen molar-refractivity contribution in [2.45, 2.75) is 0 Å². The van der Waals surface area contributed by atoms with E-state index in [4.69, 9.17) is 25.2 Å². The number of benzene rings is 5. The van der Waals surface area contributed by atoms with Crippen molar-refractivity contribution in [1.82, 2.24) is 0 Å². The molecular formula is C24H6B2O6. The Morgan fingerprint density at radius 2 is 0.844 bits per heavy atom. The Labute approximate surface area is 181 Å². The Kier molecular flexibility index (Phi) is 2.92. The van der Waals surface area contributed by atoms with Gasteiger partial charge in [-0.3, -0.25) is 0 Å². The summed E-state index contributed by atoms with van der Waals surface area (Å²) in [5.41, 5.74) is 1.50. The number of fused-ring (bicyclic) bond motifs is 2. The van der Waals surface area contributed by atoms with Crippen LogP contribution < -0.4 is 10.9 Å². The largest absolute Gasteiger partial charge is 0.386 e. The van der Waals surface area contributed by atoms with Crippen LogP contribution in [-0.2, 0) is 9.47 Å². The van der Waals surface area contributed by atoms with Crippen molar-refractivity contribution in [1.29, 1.82) is 0 Å². The van der Waals surface area contributed by atoms with Crippen LogP contribution >= 0.6 is 0 Å². The minimum atomic E-state index is -0.768. The lowest BCUT2D eigenvalue weighted by molar-refractivity contribution is 0.0373. The van der Waals surface area contributed by atoms with Crippen LogP contribution in [0.3, 0.4) is 0 Å². The second kappa shape index (κ2) is 5.34. The zero-order chi connectivity index (χ0) is 22.0. The van der Waals surface area contributed by atoms with Crippen LogP contribution in [-0.4, -0.2) is 39.6 Å². The van der Waals surface area contributed by atoms with Gasteiger partial charge in [-0.2, -0.15) is 0 Å². The molecule has 8 heteroatoms. The zero-order valence-corrected chi connectivity index (χ0v) is 16.1. The fraction of sp³-hybridized carbons (Fsp3) is 0. The van der Waals surface area contributed by atoms with Crippen LogP contribution in [0.5, 0.6) is 0 Å². The van der Waals surface area contributed by atoms with Gasteiger partial charge in [0.1, 0.15) is 15.7 Å². The topological polar surface area (TPSA) is 86.7 Å². The normalized spacial score (nSPS) is 15.2. The lowest BCUT2D eigenvalue weighted by Crippen LogP contribution is -2.24. The summed E-state index contributed by atoms with van der Waals surface area (Å²) in [5.74, 6) is -3.00. The molecule has 2 aliphatic heterocycles. The number of carbonyl (C=O) groups excluding carboxylic acids is 4. The Balaban J connectivity index is 1.88. The molecule has 0 atom stereocenters. The van der Waals surface area contributed by atoms with Gasteiger partial charge in [0.25, 0.3) is 0 Å². The van der Waals surface area contributed by atoms with Gasteiger partial charge in [0.15, 0.2) is 0 Å². The van der Waals surface area contributed by atoms with Crippen LogP contribution in [0.2, 0.25) is 0 Å². The number of ether oxygens (including phenoxy) is 2. The molecule has 0 aromatic heterocycles. The average molecular weight is 412 g/mol. The number of cyclic esters (lactones) is 4. The molecule has 7 rings (SSSR count). The van der Waals surface area contributed by atoms with Crippen molar-refractivity contribution in [3.63, 3.8) is 0 Å². The molecule has 2 aliphatic rings. The summed E-state index contributed by atoms with van der Waals surface area (Å²) in [5, 5.41) is 4.60. The van der Waals surface area contributed by atoms with E-state index in [1.165, 1.54) is 12.1 Å². The van der Waals surface area contributed by atoms with E-state index in [-0.39, 0.29) is 22.3 Å². The van der Waals surface area contributed by atoms with Crippen molar-refractivity contribution < 1.29 is 28.7 Å². The van der Waals surface area contributed by atoms with Gasteiger partial charge >= 0.3 is 23.9 Å². The third-order valence-corrected chi connectivity index (χ3v) is 6.42. The molecule has 0 spiro atoms. The van der Waals surface area contributed by atoms with E-state index in [1.54, 1.807) is 24.3 Å². The molecule has 6 nitrogen and oxygen atoms in total. The Morgan fingerprint density at radius 1 is 0.469 bits per heavy atom. The second-order valence-electron chi connectivity index (χ2n) is 7.95. The molecule has 0 fully saturated rings. The predicted molar refractivity (Wildman–Crippen MR) is 118 cm³/mol. The fourth-order valence-corrected chi connectivity index (χ4v) is 5.22. The van der Waals surface area contributed by atoms with E-state index in [0.29, 0.717) is 54.0 Å². The van der Waals surface area contributed by atoms with Crippen molar-refractivity contribution in [3.05, 3.63) is 58.7 Å². The predicted octanol–water partition coefficient (Wildman–Crippen LogP) is 1.95. The molecular weight excluding hydrogens is 406 g/mol. The molecule has 0 saturated carbocycles. The number of esters is 4. The van der Waals surface area contributed by atoms with Crippen LogP contribution in [0.1, 0.15) is 41.4 Å². The first-order valence-electron chi connectivity index (χ1n) is 9.69. The maximum atomic E-state index is 12.5. The molecule has 0 bridgehead atoms. The number of rotatable bonds is 0. The molecule has 0 amide bonds. The molecule has 5 aromatic carbocycles. The average Bonchev–Trinajstić information content (AvgIpc) is 2.76. The summed E-state index contributed by atoms with van der Waals surface area (Å²) in [7, 11) is 12.8. The van der Waals surface area contributed by atoms with Gasteiger partial charge in [-0.25, -0.2) is 19.2 Å². The molecule has 144 valence electrons. The second-order valence-corrected chi connectivity index (χ2v) is 7.95. The third kappa shape index (κ3) is 1.81. The summed E-state index contributed by atoms with van der Waals surface area (Å²) in [6.07, 6.45) is 0. The van der Waals surface area contributed by atoms with Crippen LogP contribution in [0.4, 0.5) is 0 Å². The molecule has 2 heterocycles. The molecule has 0 unspecified atom stereocenters. The minimum absolute atomic E-state index is 0.198. The monoisotopic (exact) mass is 412 g/mol. The summed E-state index contributed by atoms with van der Waals surface area (Å²) < 4.78 is 9.74. The van der Waals surface area contributed by atoms with Gasteiger partial charge in [-0.15, -0.1) is 0 Å². The highest BCUT2D eigenvalue weighted by Gasteiger charge is 2.33. The van der Waals surface area contributed by atoms with E-state index in [0.717, 1.165) is 0 Å². The molecule has 0 N–H and O–H groups in total. The van der Waals surface area contributed by atoms with Crippen LogP contribution in [0.25, 0.3) is 43.1 Å². The van der Waals surface area contributed by atoms with Crippen LogP contribution in [0, 0.1) is 0 Å². The van der Waals surface area contributed by atoms with Gasteiger partial charge < -0.3 is 9.47 Å². The lowest BCUT2D eigenvalue weighted by Gasteiger charge is -2.25. The lowest BCUT2D eigenvalue weighted by atomic mass is 9.75. The maximum absolute atomic E-state index is 12.5. The van der Waals surface area contributed by atoms with Gasteiger partial charge in [-0.05, 0) is 44.5 Å².